The third-order valence-corrected chi connectivity index (χ3v) is 2.89. The quantitative estimate of drug-likeness (QED) is 0.772. The van der Waals surface area contributed by atoms with Gasteiger partial charge in [-0.3, -0.25) is 9.59 Å². The van der Waals surface area contributed by atoms with Gasteiger partial charge in [0.2, 0.25) is 5.95 Å². The second-order valence-corrected chi connectivity index (χ2v) is 4.38. The van der Waals surface area contributed by atoms with Gasteiger partial charge < -0.3 is 10.4 Å². The number of hydrogen-bond acceptors (Lipinski definition) is 3. The van der Waals surface area contributed by atoms with Gasteiger partial charge in [0, 0.05) is 23.9 Å². The van der Waals surface area contributed by atoms with Crippen LogP contribution in [-0.2, 0) is 4.79 Å². The number of carbonyl (C=O) groups is 2. The zero-order valence-corrected chi connectivity index (χ0v) is 9.60. The summed E-state index contributed by atoms with van der Waals surface area (Å²) in [6.45, 7) is 0. The zero-order chi connectivity index (χ0) is 13.1. The predicted molar refractivity (Wildman–Crippen MR) is 60.4 cm³/mol. The van der Waals surface area contributed by atoms with Crippen LogP contribution in [0.15, 0.2) is 18.3 Å². The standard InChI is InChI=1S/C12H13FN2O3/c13-10-5-8(3-4-14-10)12(18)15-9(6-11(16)17)7-1-2-7/h3-5,7,9H,1-2,6H2,(H,15,18)(H,16,17). The van der Waals surface area contributed by atoms with Gasteiger partial charge in [-0.1, -0.05) is 0 Å². The van der Waals surface area contributed by atoms with Crippen molar-refractivity contribution in [3.05, 3.63) is 29.8 Å². The molecule has 18 heavy (non-hydrogen) atoms. The van der Waals surface area contributed by atoms with E-state index in [1.165, 1.54) is 12.3 Å². The topological polar surface area (TPSA) is 79.3 Å². The number of amides is 1. The Labute approximate surface area is 103 Å². The fourth-order valence-corrected chi connectivity index (χ4v) is 1.82. The van der Waals surface area contributed by atoms with E-state index >= 15 is 0 Å². The summed E-state index contributed by atoms with van der Waals surface area (Å²) in [5, 5.41) is 11.4. The maximum atomic E-state index is 12.9. The molecule has 2 N–H and O–H groups in total. The molecule has 0 radical (unpaired) electrons. The number of halogens is 1. The summed E-state index contributed by atoms with van der Waals surface area (Å²) in [4.78, 5) is 25.9. The van der Waals surface area contributed by atoms with E-state index in [-0.39, 0.29) is 23.9 Å². The Balaban J connectivity index is 2.02. The number of nitrogens with zero attached hydrogens (tertiary/aromatic N) is 1. The fraction of sp³-hybridized carbons (Fsp3) is 0.417. The van der Waals surface area contributed by atoms with Crippen LogP contribution >= 0.6 is 0 Å². The Morgan fingerprint density at radius 2 is 2.28 bits per heavy atom. The molecule has 1 amide bonds. The molecule has 1 aromatic rings. The van der Waals surface area contributed by atoms with Gasteiger partial charge in [0.1, 0.15) is 0 Å². The van der Waals surface area contributed by atoms with Crippen molar-refractivity contribution < 1.29 is 19.1 Å². The van der Waals surface area contributed by atoms with Crippen LogP contribution in [-0.4, -0.2) is 28.0 Å². The van der Waals surface area contributed by atoms with Crippen LogP contribution in [0.4, 0.5) is 4.39 Å². The molecule has 96 valence electrons. The second-order valence-electron chi connectivity index (χ2n) is 4.38. The van der Waals surface area contributed by atoms with Crippen molar-refractivity contribution in [1.82, 2.24) is 10.3 Å². The van der Waals surface area contributed by atoms with Crippen molar-refractivity contribution >= 4 is 11.9 Å². The lowest BCUT2D eigenvalue weighted by Gasteiger charge is -2.16. The molecular weight excluding hydrogens is 239 g/mol. The minimum atomic E-state index is -0.951. The van der Waals surface area contributed by atoms with E-state index in [1.807, 2.05) is 0 Å². The number of carboxylic acids is 1. The van der Waals surface area contributed by atoms with Gasteiger partial charge in [-0.15, -0.1) is 0 Å². The third-order valence-electron chi connectivity index (χ3n) is 2.89. The van der Waals surface area contributed by atoms with E-state index in [2.05, 4.69) is 10.3 Å². The molecule has 1 fully saturated rings. The van der Waals surface area contributed by atoms with E-state index in [0.29, 0.717) is 0 Å². The van der Waals surface area contributed by atoms with Gasteiger partial charge in [0.05, 0.1) is 6.42 Å². The normalized spacial score (nSPS) is 16.1. The molecule has 0 spiro atoms. The van der Waals surface area contributed by atoms with Crippen molar-refractivity contribution in [3.63, 3.8) is 0 Å². The van der Waals surface area contributed by atoms with E-state index in [1.54, 1.807) is 0 Å². The summed E-state index contributed by atoms with van der Waals surface area (Å²) in [7, 11) is 0. The third kappa shape index (κ3) is 3.26. The molecule has 2 rings (SSSR count). The Hall–Kier alpha value is -1.98. The maximum Gasteiger partial charge on any atom is 0.305 e. The van der Waals surface area contributed by atoms with Crippen LogP contribution < -0.4 is 5.32 Å². The van der Waals surface area contributed by atoms with E-state index < -0.39 is 17.8 Å². The first-order chi connectivity index (χ1) is 8.56. The highest BCUT2D eigenvalue weighted by Crippen LogP contribution is 2.34. The lowest BCUT2D eigenvalue weighted by molar-refractivity contribution is -0.137. The lowest BCUT2D eigenvalue weighted by atomic mass is 10.1. The molecular formula is C12H13FN2O3. The Morgan fingerprint density at radius 3 is 2.83 bits per heavy atom. The number of rotatable bonds is 5. The van der Waals surface area contributed by atoms with Crippen molar-refractivity contribution in [2.24, 2.45) is 5.92 Å². The first-order valence-electron chi connectivity index (χ1n) is 5.70. The molecule has 1 saturated carbocycles. The molecule has 1 atom stereocenters. The number of carboxylic acid groups (broad SMARTS) is 1. The Kier molecular flexibility index (Phi) is 3.55. The smallest absolute Gasteiger partial charge is 0.305 e. The molecule has 0 aromatic carbocycles. The number of aromatic nitrogens is 1. The SMILES string of the molecule is O=C(O)CC(NC(=O)c1ccnc(F)c1)C1CC1. The second kappa shape index (κ2) is 5.12. The molecule has 6 heteroatoms. The van der Waals surface area contributed by atoms with E-state index in [0.717, 1.165) is 18.9 Å². The Bertz CT molecular complexity index is 474. The highest BCUT2D eigenvalue weighted by atomic mass is 19.1. The predicted octanol–water partition coefficient (Wildman–Crippen LogP) is 1.20. The molecule has 0 saturated heterocycles. The number of aliphatic carboxylic acids is 1. The largest absolute Gasteiger partial charge is 0.481 e. The van der Waals surface area contributed by atoms with Crippen molar-refractivity contribution in [3.8, 4) is 0 Å². The average molecular weight is 252 g/mol. The molecule has 5 nitrogen and oxygen atoms in total. The molecule has 1 aliphatic carbocycles. The van der Waals surface area contributed by atoms with Gasteiger partial charge in [0.25, 0.3) is 5.91 Å². The summed E-state index contributed by atoms with van der Waals surface area (Å²) in [6, 6.07) is 2.04. The first-order valence-corrected chi connectivity index (χ1v) is 5.70. The molecule has 1 unspecified atom stereocenters. The van der Waals surface area contributed by atoms with E-state index in [4.69, 9.17) is 5.11 Å². The van der Waals surface area contributed by atoms with Crippen LogP contribution in [0.1, 0.15) is 29.6 Å². The monoisotopic (exact) mass is 252 g/mol. The highest BCUT2D eigenvalue weighted by Gasteiger charge is 2.33. The van der Waals surface area contributed by atoms with Crippen LogP contribution in [0.5, 0.6) is 0 Å². The number of carbonyl (C=O) groups excluding carboxylic acids is 1. The first kappa shape index (κ1) is 12.5. The fourth-order valence-electron chi connectivity index (χ4n) is 1.82. The summed E-state index contributed by atoms with van der Waals surface area (Å²) in [5.41, 5.74) is 0.151. The van der Waals surface area contributed by atoms with Crippen molar-refractivity contribution in [2.75, 3.05) is 0 Å². The van der Waals surface area contributed by atoms with Gasteiger partial charge in [0.15, 0.2) is 0 Å². The van der Waals surface area contributed by atoms with Crippen LogP contribution in [0.2, 0.25) is 0 Å². The minimum absolute atomic E-state index is 0.107. The van der Waals surface area contributed by atoms with E-state index in [9.17, 15) is 14.0 Å². The van der Waals surface area contributed by atoms with Crippen LogP contribution in [0.25, 0.3) is 0 Å². The van der Waals surface area contributed by atoms with Crippen LogP contribution in [0, 0.1) is 11.9 Å². The molecule has 1 aromatic heterocycles. The molecule has 1 aliphatic rings. The highest BCUT2D eigenvalue weighted by molar-refractivity contribution is 5.94. The molecule has 1 heterocycles. The number of nitrogens with one attached hydrogen (secondary N) is 1. The number of pyridine rings is 1. The van der Waals surface area contributed by atoms with Gasteiger partial charge >= 0.3 is 5.97 Å². The maximum absolute atomic E-state index is 12.9. The van der Waals surface area contributed by atoms with Crippen LogP contribution in [0.3, 0.4) is 0 Å². The molecule has 0 aliphatic heterocycles. The molecule has 0 bridgehead atoms. The van der Waals surface area contributed by atoms with Gasteiger partial charge in [-0.05, 0) is 24.8 Å². The lowest BCUT2D eigenvalue weighted by Crippen LogP contribution is -2.38. The zero-order valence-electron chi connectivity index (χ0n) is 9.60. The summed E-state index contributed by atoms with van der Waals surface area (Å²) in [5.74, 6) is -1.93. The van der Waals surface area contributed by atoms with Gasteiger partial charge in [-0.25, -0.2) is 4.98 Å². The van der Waals surface area contributed by atoms with Crippen molar-refractivity contribution in [1.29, 1.82) is 0 Å². The summed E-state index contributed by atoms with van der Waals surface area (Å²) >= 11 is 0. The summed E-state index contributed by atoms with van der Waals surface area (Å²) < 4.78 is 12.9. The average Bonchev–Trinajstić information content (AvgIpc) is 3.11. The van der Waals surface area contributed by atoms with Crippen molar-refractivity contribution in [2.45, 2.75) is 25.3 Å². The minimum Gasteiger partial charge on any atom is -0.481 e. The Morgan fingerprint density at radius 1 is 1.56 bits per heavy atom. The van der Waals surface area contributed by atoms with Gasteiger partial charge in [-0.2, -0.15) is 4.39 Å². The summed E-state index contributed by atoms with van der Waals surface area (Å²) in [6.07, 6.45) is 2.93. The number of hydrogen-bond donors (Lipinski definition) is 2.